The average Bonchev–Trinajstić information content (AvgIpc) is 3.30. The molecule has 0 saturated heterocycles. The molecule has 6 rings (SSSR count). The van der Waals surface area contributed by atoms with E-state index in [1.165, 1.54) is 67.8 Å². The van der Waals surface area contributed by atoms with Gasteiger partial charge in [-0.15, -0.1) is 17.7 Å². The first-order valence-corrected chi connectivity index (χ1v) is 19.0. The predicted molar refractivity (Wildman–Crippen MR) is 186 cm³/mol. The maximum absolute atomic E-state index is 10.0. The first kappa shape index (κ1) is 33.5. The van der Waals surface area contributed by atoms with E-state index in [0.717, 1.165) is 22.5 Å². The number of carbonyl (C=O) groups is 1. The Hall–Kier alpha value is -3.35. The van der Waals surface area contributed by atoms with Crippen molar-refractivity contribution in [3.8, 4) is 11.3 Å². The smallest absolute Gasteiger partial charge is 0.155 e. The molecule has 4 nitrogen and oxygen atoms in total. The fourth-order valence-corrected chi connectivity index (χ4v) is 8.43. The monoisotopic (exact) mass is 796 g/mol. The summed E-state index contributed by atoms with van der Waals surface area (Å²) in [7, 11) is 2.90. The van der Waals surface area contributed by atoms with E-state index in [0.29, 0.717) is 5.92 Å². The van der Waals surface area contributed by atoms with Crippen LogP contribution in [0.2, 0.25) is 19.6 Å². The molecule has 3 heterocycles. The molecule has 1 radical (unpaired) electrons. The molecule has 3 aromatic heterocycles. The predicted octanol–water partition coefficient (Wildman–Crippen LogP) is 8.93. The third-order valence-corrected chi connectivity index (χ3v) is 10.6. The van der Waals surface area contributed by atoms with E-state index in [1.54, 1.807) is 11.3 Å². The molecule has 0 saturated carbocycles. The number of thiophene rings is 1. The van der Waals surface area contributed by atoms with Crippen LogP contribution in [0.15, 0.2) is 78.7 Å². The van der Waals surface area contributed by atoms with Crippen LogP contribution in [0.1, 0.15) is 33.3 Å². The summed E-state index contributed by atoms with van der Waals surface area (Å²) in [6.07, 6.45) is 4.05. The molecule has 1 N–H and O–H groups in total. The van der Waals surface area contributed by atoms with Crippen molar-refractivity contribution in [1.82, 2.24) is 4.98 Å². The van der Waals surface area contributed by atoms with Crippen molar-refractivity contribution >= 4 is 72.4 Å². The van der Waals surface area contributed by atoms with Crippen molar-refractivity contribution in [1.29, 1.82) is 0 Å². The van der Waals surface area contributed by atoms with Gasteiger partial charge >= 0.3 is 0 Å². The van der Waals surface area contributed by atoms with Crippen LogP contribution in [0.5, 0.6) is 0 Å². The summed E-state index contributed by atoms with van der Waals surface area (Å²) in [5.74, 6) is 0.495. The molecular weight excluding hydrogens is 757 g/mol. The Morgan fingerprint density at radius 1 is 1.05 bits per heavy atom. The number of hydrogen-bond donors (Lipinski definition) is 1. The number of aromatic nitrogens is 2. The van der Waals surface area contributed by atoms with Crippen molar-refractivity contribution in [3.63, 3.8) is 0 Å². The van der Waals surface area contributed by atoms with Gasteiger partial charge in [-0.1, -0.05) is 86.0 Å². The molecule has 0 bridgehead atoms. The van der Waals surface area contributed by atoms with E-state index in [1.807, 2.05) is 12.3 Å². The van der Waals surface area contributed by atoms with Crippen LogP contribution >= 0.6 is 11.3 Å². The van der Waals surface area contributed by atoms with Gasteiger partial charge in [0.2, 0.25) is 0 Å². The van der Waals surface area contributed by atoms with Crippen molar-refractivity contribution in [2.45, 2.75) is 53.8 Å². The number of nitrogens with zero attached hydrogens (tertiary/aromatic N) is 2. The van der Waals surface area contributed by atoms with Gasteiger partial charge < -0.3 is 9.67 Å². The van der Waals surface area contributed by atoms with Crippen LogP contribution in [0.25, 0.3) is 53.2 Å². The van der Waals surface area contributed by atoms with Gasteiger partial charge in [-0.2, -0.15) is 11.3 Å². The van der Waals surface area contributed by atoms with E-state index in [-0.39, 0.29) is 31.6 Å². The second-order valence-corrected chi connectivity index (χ2v) is 18.7. The van der Waals surface area contributed by atoms with Gasteiger partial charge in [0.25, 0.3) is 0 Å². The number of benzene rings is 3. The maximum Gasteiger partial charge on any atom is 0.155 e. The molecule has 6 aromatic rings. The Balaban J connectivity index is 0.000000497. The normalized spacial score (nSPS) is 12.0. The summed E-state index contributed by atoms with van der Waals surface area (Å²) in [5, 5.41) is 16.3. The standard InChI is InChI=1S/C32H31N2SSi.C5H8O2.Ir/c1-20(2)16-21-17-25-24-12-9-15-33-32(24)35-31(25)26(18-21)28-19-29(36(4,5)6)30-23-11-8-7-10-22(23)13-14-27(30)34(28)3;1-4(6)3-5(2)7;/h7-15,17,19-20H,3,16H2,1-2,4-6H3;3,6H,1-2H3;/q-1;;/b;4-3-;. The Kier molecular flexibility index (Phi) is 10.2. The van der Waals surface area contributed by atoms with Gasteiger partial charge in [0.15, 0.2) is 5.78 Å². The number of pyridine rings is 2. The second-order valence-electron chi connectivity index (χ2n) is 12.7. The topological polar surface area (TPSA) is 54.1 Å². The summed E-state index contributed by atoms with van der Waals surface area (Å²) < 4.78 is 3.39. The SMILES string of the molecule is CC(=O)/C=C(/C)O.[CH2-][n+]1c(-c2[c-]c(CC(C)C)cc3c2sc2ncccc23)cc([Si](C)(C)C)c2c3ccccc3ccc21.[Ir]. The molecule has 7 heteroatoms. The van der Waals surface area contributed by atoms with E-state index in [4.69, 9.17) is 10.1 Å². The number of rotatable bonds is 5. The maximum atomic E-state index is 10.0. The zero-order chi connectivity index (χ0) is 31.1. The fourth-order valence-electron chi connectivity index (χ4n) is 5.72. The Bertz CT molecular complexity index is 2040. The molecule has 0 unspecified atom stereocenters. The molecule has 0 fully saturated rings. The Morgan fingerprint density at radius 2 is 1.75 bits per heavy atom. The van der Waals surface area contributed by atoms with Gasteiger partial charge in [-0.3, -0.25) is 4.79 Å². The third kappa shape index (κ3) is 6.82. The zero-order valence-corrected chi connectivity index (χ0v) is 30.6. The number of ketones is 1. The molecule has 0 amide bonds. The van der Waals surface area contributed by atoms with E-state index in [2.05, 4.69) is 106 Å². The van der Waals surface area contributed by atoms with Crippen LogP contribution < -0.4 is 9.75 Å². The third-order valence-electron chi connectivity index (χ3n) is 7.48. The molecule has 0 atom stereocenters. The summed E-state index contributed by atoms with van der Waals surface area (Å²) in [6, 6.07) is 26.1. The number of allylic oxidation sites excluding steroid dienone is 2. The first-order valence-electron chi connectivity index (χ1n) is 14.7. The second kappa shape index (κ2) is 13.3. The molecule has 3 aromatic carbocycles. The molecule has 0 aliphatic rings. The van der Waals surface area contributed by atoms with Gasteiger partial charge in [-0.05, 0) is 70.6 Å². The first-order chi connectivity index (χ1) is 20.3. The van der Waals surface area contributed by atoms with E-state index < -0.39 is 8.07 Å². The van der Waals surface area contributed by atoms with Crippen LogP contribution in [0.4, 0.5) is 0 Å². The number of carbonyl (C=O) groups excluding carboxylic acids is 1. The Labute approximate surface area is 278 Å². The van der Waals surface area contributed by atoms with Crippen LogP contribution in [0, 0.1) is 19.0 Å². The zero-order valence-electron chi connectivity index (χ0n) is 26.4. The van der Waals surface area contributed by atoms with Crippen molar-refractivity contribution in [3.05, 3.63) is 97.4 Å². The largest absolute Gasteiger partial charge is 0.512 e. The van der Waals surface area contributed by atoms with Crippen LogP contribution in [0.3, 0.4) is 0 Å². The molecule has 0 aliphatic carbocycles. The number of aliphatic hydroxyl groups excluding tert-OH is 1. The minimum Gasteiger partial charge on any atom is -0.512 e. The summed E-state index contributed by atoms with van der Waals surface area (Å²) in [4.78, 5) is 15.8. The Morgan fingerprint density at radius 3 is 2.39 bits per heavy atom. The number of hydrogen-bond acceptors (Lipinski definition) is 4. The minimum absolute atomic E-state index is 0. The molecule has 0 spiro atoms. The van der Waals surface area contributed by atoms with Gasteiger partial charge in [0.1, 0.15) is 16.0 Å². The van der Waals surface area contributed by atoms with Gasteiger partial charge in [0.05, 0.1) is 13.8 Å². The summed E-state index contributed by atoms with van der Waals surface area (Å²) in [5.41, 5.74) is 4.72. The fraction of sp³-hybridized carbons (Fsp3) is 0.243. The number of fused-ring (bicyclic) bond motifs is 6. The van der Waals surface area contributed by atoms with Crippen molar-refractivity contribution in [2.75, 3.05) is 0 Å². The van der Waals surface area contributed by atoms with Crippen molar-refractivity contribution in [2.24, 2.45) is 5.92 Å². The average molecular weight is 796 g/mol. The van der Waals surface area contributed by atoms with Gasteiger partial charge in [0, 0.05) is 39.4 Å². The van der Waals surface area contributed by atoms with E-state index >= 15 is 0 Å². The number of aliphatic hydroxyl groups is 1. The quantitative estimate of drug-likeness (QED) is 0.0474. The minimum atomic E-state index is -1.71. The summed E-state index contributed by atoms with van der Waals surface area (Å²) >= 11 is 1.77. The molecule has 44 heavy (non-hydrogen) atoms. The van der Waals surface area contributed by atoms with Crippen molar-refractivity contribution < 1.29 is 34.6 Å². The summed E-state index contributed by atoms with van der Waals surface area (Å²) in [6.45, 7) is 14.7. The molecular formula is C37H39IrN2O2SSi-. The molecule has 0 aliphatic heterocycles. The van der Waals surface area contributed by atoms with Crippen LogP contribution in [-0.2, 0) is 31.3 Å². The van der Waals surface area contributed by atoms with Crippen LogP contribution in [-0.4, -0.2) is 23.9 Å². The van der Waals surface area contributed by atoms with E-state index in [9.17, 15) is 4.79 Å². The molecule has 229 valence electrons. The van der Waals surface area contributed by atoms with Gasteiger partial charge in [-0.25, -0.2) is 4.98 Å².